The molecule has 0 aromatic heterocycles. The number of fused-ring (bicyclic) bond motifs is 10. The topological polar surface area (TPSA) is 40.5 Å². The van der Waals surface area contributed by atoms with Crippen LogP contribution < -0.4 is 0 Å². The standard InChI is InChI=1S/C11H11FO2.C11H9F/c12-5-1-2-6-7(3-5)9-4-8(6)10(13)11(9)14;12-9-3-4-10-7-1-2-8(5-7)11(10)6-9/h1-3,8-11,13-14H,4H2;1-4,6-8H,5H2. The molecular formula is C22H20F2O2. The van der Waals surface area contributed by atoms with E-state index in [2.05, 4.69) is 12.2 Å². The maximum absolute atomic E-state index is 13.0. The van der Waals surface area contributed by atoms with Crippen molar-refractivity contribution in [1.82, 2.24) is 0 Å². The van der Waals surface area contributed by atoms with Gasteiger partial charge in [0.15, 0.2) is 0 Å². The van der Waals surface area contributed by atoms with E-state index in [0.29, 0.717) is 11.8 Å². The summed E-state index contributed by atoms with van der Waals surface area (Å²) in [5, 5.41) is 19.3. The van der Waals surface area contributed by atoms with E-state index >= 15 is 0 Å². The van der Waals surface area contributed by atoms with Crippen LogP contribution in [-0.2, 0) is 0 Å². The van der Waals surface area contributed by atoms with E-state index in [1.54, 1.807) is 18.2 Å². The zero-order valence-electron chi connectivity index (χ0n) is 14.1. The molecule has 0 radical (unpaired) electrons. The van der Waals surface area contributed by atoms with Crippen LogP contribution in [0.25, 0.3) is 0 Å². The van der Waals surface area contributed by atoms with Crippen LogP contribution in [0.5, 0.6) is 0 Å². The van der Waals surface area contributed by atoms with Crippen LogP contribution in [-0.4, -0.2) is 22.4 Å². The molecule has 6 unspecified atom stereocenters. The summed E-state index contributed by atoms with van der Waals surface area (Å²) in [6.45, 7) is 0. The van der Waals surface area contributed by atoms with E-state index in [1.165, 1.54) is 29.7 Å². The van der Waals surface area contributed by atoms with Crippen LogP contribution in [0.15, 0.2) is 48.6 Å². The normalized spacial score (nSPS) is 34.5. The van der Waals surface area contributed by atoms with Crippen molar-refractivity contribution in [2.24, 2.45) is 0 Å². The van der Waals surface area contributed by atoms with E-state index < -0.39 is 12.2 Å². The molecular weight excluding hydrogens is 334 g/mol. The molecule has 26 heavy (non-hydrogen) atoms. The van der Waals surface area contributed by atoms with E-state index in [9.17, 15) is 19.0 Å². The number of aliphatic hydroxyl groups is 2. The minimum Gasteiger partial charge on any atom is -0.390 e. The number of aliphatic hydroxyl groups excluding tert-OH is 2. The lowest BCUT2D eigenvalue weighted by atomic mass is 9.88. The van der Waals surface area contributed by atoms with E-state index in [0.717, 1.165) is 17.5 Å². The number of rotatable bonds is 0. The summed E-state index contributed by atoms with van der Waals surface area (Å²) in [5.41, 5.74) is 4.44. The Hall–Kier alpha value is -2.04. The fourth-order valence-electron chi connectivity index (χ4n) is 5.22. The van der Waals surface area contributed by atoms with E-state index in [1.807, 2.05) is 6.07 Å². The van der Waals surface area contributed by atoms with E-state index in [-0.39, 0.29) is 23.5 Å². The van der Waals surface area contributed by atoms with Gasteiger partial charge in [-0.1, -0.05) is 24.3 Å². The average molecular weight is 354 g/mol. The summed E-state index contributed by atoms with van der Waals surface area (Å²) in [6.07, 6.45) is 4.98. The minimum atomic E-state index is -0.714. The minimum absolute atomic E-state index is 0.00519. The molecule has 2 aromatic rings. The lowest BCUT2D eigenvalue weighted by Crippen LogP contribution is -2.31. The maximum atomic E-state index is 13.0. The lowest BCUT2D eigenvalue weighted by Gasteiger charge is -2.25. The third-order valence-corrected chi connectivity index (χ3v) is 6.46. The molecule has 0 heterocycles. The van der Waals surface area contributed by atoms with Crippen molar-refractivity contribution in [3.63, 3.8) is 0 Å². The van der Waals surface area contributed by atoms with Crippen LogP contribution in [0.1, 0.15) is 58.8 Å². The number of benzene rings is 2. The molecule has 0 aliphatic heterocycles. The van der Waals surface area contributed by atoms with Gasteiger partial charge in [0.05, 0.1) is 12.2 Å². The van der Waals surface area contributed by atoms with Gasteiger partial charge in [0.2, 0.25) is 0 Å². The number of halogens is 2. The number of allylic oxidation sites excluding steroid dienone is 2. The molecule has 134 valence electrons. The van der Waals surface area contributed by atoms with Crippen molar-refractivity contribution in [2.45, 2.75) is 48.7 Å². The Labute approximate surface area is 150 Å². The van der Waals surface area contributed by atoms with Gasteiger partial charge in [-0.2, -0.15) is 0 Å². The number of hydrogen-bond acceptors (Lipinski definition) is 2. The van der Waals surface area contributed by atoms with Crippen LogP contribution in [0.4, 0.5) is 8.78 Å². The van der Waals surface area contributed by atoms with Gasteiger partial charge >= 0.3 is 0 Å². The molecule has 0 amide bonds. The fraction of sp³-hybridized carbons (Fsp3) is 0.364. The first-order chi connectivity index (χ1) is 12.5. The first kappa shape index (κ1) is 16.2. The second-order valence-corrected chi connectivity index (χ2v) is 7.81. The molecule has 1 saturated carbocycles. The second-order valence-electron chi connectivity index (χ2n) is 7.81. The highest BCUT2D eigenvalue weighted by atomic mass is 19.1. The molecule has 2 aromatic carbocycles. The van der Waals surface area contributed by atoms with Crippen molar-refractivity contribution in [1.29, 1.82) is 0 Å². The predicted octanol–water partition coefficient (Wildman–Crippen LogP) is 4.10. The van der Waals surface area contributed by atoms with Crippen LogP contribution in [0, 0.1) is 11.6 Å². The zero-order chi connectivity index (χ0) is 18.0. The van der Waals surface area contributed by atoms with Crippen LogP contribution in [0.3, 0.4) is 0 Å². The molecule has 4 aliphatic carbocycles. The van der Waals surface area contributed by atoms with Crippen molar-refractivity contribution in [3.8, 4) is 0 Å². The van der Waals surface area contributed by atoms with Crippen molar-refractivity contribution >= 4 is 0 Å². The van der Waals surface area contributed by atoms with Gasteiger partial charge in [0, 0.05) is 23.7 Å². The predicted molar refractivity (Wildman–Crippen MR) is 94.2 cm³/mol. The third-order valence-electron chi connectivity index (χ3n) is 6.46. The second kappa shape index (κ2) is 5.73. The average Bonchev–Trinajstić information content (AvgIpc) is 3.37. The van der Waals surface area contributed by atoms with Crippen LogP contribution in [0.2, 0.25) is 0 Å². The first-order valence-corrected chi connectivity index (χ1v) is 9.16. The van der Waals surface area contributed by atoms with Gasteiger partial charge in [-0.25, -0.2) is 8.78 Å². The summed E-state index contributed by atoms with van der Waals surface area (Å²) >= 11 is 0. The molecule has 4 aliphatic rings. The van der Waals surface area contributed by atoms with Crippen molar-refractivity contribution < 1.29 is 19.0 Å². The van der Waals surface area contributed by atoms with E-state index in [4.69, 9.17) is 0 Å². The van der Waals surface area contributed by atoms with Gasteiger partial charge in [-0.05, 0) is 59.4 Å². The summed E-state index contributed by atoms with van der Waals surface area (Å²) < 4.78 is 25.8. The Morgan fingerprint density at radius 3 is 1.88 bits per heavy atom. The van der Waals surface area contributed by atoms with Crippen LogP contribution >= 0.6 is 0 Å². The summed E-state index contributed by atoms with van der Waals surface area (Å²) in [7, 11) is 0. The summed E-state index contributed by atoms with van der Waals surface area (Å²) in [5.74, 6) is 0.644. The number of hydrogen-bond donors (Lipinski definition) is 2. The molecule has 1 fully saturated rings. The molecule has 0 saturated heterocycles. The quantitative estimate of drug-likeness (QED) is 0.700. The maximum Gasteiger partial charge on any atom is 0.123 e. The Morgan fingerprint density at radius 1 is 0.654 bits per heavy atom. The van der Waals surface area contributed by atoms with Crippen molar-refractivity contribution in [3.05, 3.63) is 82.4 Å². The smallest absolute Gasteiger partial charge is 0.123 e. The molecule has 0 spiro atoms. The summed E-state index contributed by atoms with van der Waals surface area (Å²) in [6, 6.07) is 9.80. The zero-order valence-corrected chi connectivity index (χ0v) is 14.1. The molecule has 2 nitrogen and oxygen atoms in total. The Bertz CT molecular complexity index is 907. The Morgan fingerprint density at radius 2 is 1.19 bits per heavy atom. The molecule has 6 atom stereocenters. The SMILES string of the molecule is Fc1ccc2c(c1)C1C=CC2C1.OC1C2CC(c3cc(F)ccc32)C1O. The highest BCUT2D eigenvalue weighted by molar-refractivity contribution is 5.47. The monoisotopic (exact) mass is 354 g/mol. The van der Waals surface area contributed by atoms with Gasteiger partial charge in [0.25, 0.3) is 0 Å². The summed E-state index contributed by atoms with van der Waals surface area (Å²) in [4.78, 5) is 0. The molecule has 2 N–H and O–H groups in total. The lowest BCUT2D eigenvalue weighted by molar-refractivity contribution is 0.0216. The van der Waals surface area contributed by atoms with Gasteiger partial charge in [0.1, 0.15) is 11.6 Å². The largest absolute Gasteiger partial charge is 0.390 e. The molecule has 4 bridgehead atoms. The first-order valence-electron chi connectivity index (χ1n) is 9.16. The van der Waals surface area contributed by atoms with Gasteiger partial charge in [-0.3, -0.25) is 0 Å². The fourth-order valence-corrected chi connectivity index (χ4v) is 5.22. The third kappa shape index (κ3) is 2.29. The molecule has 6 rings (SSSR count). The Balaban J connectivity index is 0.000000117. The Kier molecular flexibility index (Phi) is 3.56. The highest BCUT2D eigenvalue weighted by Crippen LogP contribution is 2.53. The van der Waals surface area contributed by atoms with Gasteiger partial charge < -0.3 is 10.2 Å². The van der Waals surface area contributed by atoms with Gasteiger partial charge in [-0.15, -0.1) is 0 Å². The van der Waals surface area contributed by atoms with Crippen molar-refractivity contribution in [2.75, 3.05) is 0 Å². The highest BCUT2D eigenvalue weighted by Gasteiger charge is 2.49. The molecule has 4 heteroatoms.